The molecular weight excluding hydrogens is 158 g/mol. The standard InChI is InChI=1S/C12H23N/c1-5-7-11(3)9-13-10-12(4)8-6-2/h9-11H,5-8H2,1-4H3/b12-10+,13-9?. The Morgan fingerprint density at radius 1 is 1.31 bits per heavy atom. The summed E-state index contributed by atoms with van der Waals surface area (Å²) in [5.41, 5.74) is 1.38. The van der Waals surface area contributed by atoms with Crippen LogP contribution in [0.4, 0.5) is 0 Å². The zero-order chi connectivity index (χ0) is 10.1. The largest absolute Gasteiger partial charge is 0.269 e. The minimum absolute atomic E-state index is 0.621. The molecule has 0 aromatic rings. The third-order valence-corrected chi connectivity index (χ3v) is 2.02. The number of allylic oxidation sites excluding steroid dienone is 1. The summed E-state index contributed by atoms with van der Waals surface area (Å²) in [6, 6.07) is 0. The first-order valence-electron chi connectivity index (χ1n) is 5.39. The van der Waals surface area contributed by atoms with Crippen LogP contribution in [-0.4, -0.2) is 6.21 Å². The molecule has 1 heteroatoms. The molecule has 76 valence electrons. The zero-order valence-corrected chi connectivity index (χ0v) is 9.51. The van der Waals surface area contributed by atoms with Crippen molar-refractivity contribution in [3.8, 4) is 0 Å². The first-order valence-corrected chi connectivity index (χ1v) is 5.39. The van der Waals surface area contributed by atoms with Crippen LogP contribution in [0.2, 0.25) is 0 Å². The number of rotatable bonds is 6. The maximum atomic E-state index is 4.32. The molecule has 0 aliphatic rings. The highest BCUT2D eigenvalue weighted by molar-refractivity contribution is 5.60. The molecule has 13 heavy (non-hydrogen) atoms. The third kappa shape index (κ3) is 7.76. The number of hydrogen-bond acceptors (Lipinski definition) is 1. The highest BCUT2D eigenvalue weighted by Crippen LogP contribution is 2.04. The predicted octanol–water partition coefficient (Wildman–Crippen LogP) is 4.20. The van der Waals surface area contributed by atoms with Crippen LogP contribution in [0, 0.1) is 5.92 Å². The molecular formula is C12H23N. The van der Waals surface area contributed by atoms with E-state index in [4.69, 9.17) is 0 Å². The van der Waals surface area contributed by atoms with E-state index in [1.807, 2.05) is 6.20 Å². The van der Waals surface area contributed by atoms with Gasteiger partial charge in [-0.15, -0.1) is 0 Å². The monoisotopic (exact) mass is 181 g/mol. The molecule has 0 saturated heterocycles. The van der Waals surface area contributed by atoms with Crippen LogP contribution in [0.5, 0.6) is 0 Å². The Balaban J connectivity index is 3.77. The van der Waals surface area contributed by atoms with Crippen LogP contribution in [0.1, 0.15) is 53.4 Å². The summed E-state index contributed by atoms with van der Waals surface area (Å²) in [5, 5.41) is 0. The lowest BCUT2D eigenvalue weighted by Crippen LogP contribution is -1.93. The van der Waals surface area contributed by atoms with Gasteiger partial charge in [0.05, 0.1) is 0 Å². The molecule has 1 nitrogen and oxygen atoms in total. The van der Waals surface area contributed by atoms with E-state index in [9.17, 15) is 0 Å². The Bertz CT molecular complexity index is 168. The van der Waals surface area contributed by atoms with E-state index < -0.39 is 0 Å². The molecule has 1 atom stereocenters. The number of hydrogen-bond donors (Lipinski definition) is 0. The van der Waals surface area contributed by atoms with Gasteiger partial charge < -0.3 is 0 Å². The topological polar surface area (TPSA) is 12.4 Å². The van der Waals surface area contributed by atoms with Gasteiger partial charge in [-0.1, -0.05) is 39.2 Å². The van der Waals surface area contributed by atoms with E-state index in [2.05, 4.69) is 38.9 Å². The maximum Gasteiger partial charge on any atom is 0.0253 e. The highest BCUT2D eigenvalue weighted by atomic mass is 14.7. The minimum Gasteiger partial charge on any atom is -0.269 e. The lowest BCUT2D eigenvalue weighted by atomic mass is 10.1. The first-order chi connectivity index (χ1) is 6.20. The van der Waals surface area contributed by atoms with Crippen molar-refractivity contribution in [3.05, 3.63) is 11.8 Å². The Morgan fingerprint density at radius 2 is 2.00 bits per heavy atom. The van der Waals surface area contributed by atoms with Gasteiger partial charge >= 0.3 is 0 Å². The molecule has 0 heterocycles. The molecule has 0 N–H and O–H groups in total. The van der Waals surface area contributed by atoms with Crippen molar-refractivity contribution in [3.63, 3.8) is 0 Å². The number of nitrogens with zero attached hydrogens (tertiary/aromatic N) is 1. The second-order valence-electron chi connectivity index (χ2n) is 3.79. The van der Waals surface area contributed by atoms with Crippen molar-refractivity contribution in [1.29, 1.82) is 0 Å². The summed E-state index contributed by atoms with van der Waals surface area (Å²) in [6.07, 6.45) is 8.91. The Labute approximate surface area is 83.0 Å². The summed E-state index contributed by atoms with van der Waals surface area (Å²) >= 11 is 0. The fourth-order valence-corrected chi connectivity index (χ4v) is 1.31. The molecule has 0 aliphatic heterocycles. The van der Waals surface area contributed by atoms with Crippen molar-refractivity contribution in [1.82, 2.24) is 0 Å². The molecule has 0 aliphatic carbocycles. The van der Waals surface area contributed by atoms with Crippen LogP contribution in [-0.2, 0) is 0 Å². The summed E-state index contributed by atoms with van der Waals surface area (Å²) in [6.45, 7) is 8.77. The molecule has 0 rings (SSSR count). The van der Waals surface area contributed by atoms with Gasteiger partial charge in [-0.2, -0.15) is 0 Å². The maximum absolute atomic E-state index is 4.32. The lowest BCUT2D eigenvalue weighted by Gasteiger charge is -2.00. The average molecular weight is 181 g/mol. The van der Waals surface area contributed by atoms with Crippen LogP contribution in [0.3, 0.4) is 0 Å². The average Bonchev–Trinajstić information content (AvgIpc) is 2.05. The van der Waals surface area contributed by atoms with Gasteiger partial charge in [0.1, 0.15) is 0 Å². The fourth-order valence-electron chi connectivity index (χ4n) is 1.31. The summed E-state index contributed by atoms with van der Waals surface area (Å²) < 4.78 is 0. The molecule has 0 aromatic heterocycles. The third-order valence-electron chi connectivity index (χ3n) is 2.02. The molecule has 0 spiro atoms. The SMILES string of the molecule is CCC/C(C)=C/N=CC(C)CCC. The van der Waals surface area contributed by atoms with Crippen molar-refractivity contribution in [2.24, 2.45) is 10.9 Å². The smallest absolute Gasteiger partial charge is 0.0253 e. The summed E-state index contributed by atoms with van der Waals surface area (Å²) in [5.74, 6) is 0.621. The Kier molecular flexibility index (Phi) is 7.66. The van der Waals surface area contributed by atoms with Crippen LogP contribution < -0.4 is 0 Å². The van der Waals surface area contributed by atoms with E-state index in [1.54, 1.807) is 0 Å². The van der Waals surface area contributed by atoms with Crippen LogP contribution in [0.15, 0.2) is 16.8 Å². The second-order valence-corrected chi connectivity index (χ2v) is 3.79. The van der Waals surface area contributed by atoms with Crippen molar-refractivity contribution in [2.75, 3.05) is 0 Å². The van der Waals surface area contributed by atoms with Gasteiger partial charge in [0.15, 0.2) is 0 Å². The normalized spacial score (nSPS) is 15.2. The minimum atomic E-state index is 0.621. The molecule has 0 bridgehead atoms. The summed E-state index contributed by atoms with van der Waals surface area (Å²) in [7, 11) is 0. The lowest BCUT2D eigenvalue weighted by molar-refractivity contribution is 0.677. The van der Waals surface area contributed by atoms with Gasteiger partial charge in [0, 0.05) is 12.4 Å². The fraction of sp³-hybridized carbons (Fsp3) is 0.750. The zero-order valence-electron chi connectivity index (χ0n) is 9.51. The van der Waals surface area contributed by atoms with E-state index in [0.29, 0.717) is 5.92 Å². The molecule has 0 fully saturated rings. The van der Waals surface area contributed by atoms with E-state index in [0.717, 1.165) is 0 Å². The van der Waals surface area contributed by atoms with Crippen molar-refractivity contribution >= 4 is 6.21 Å². The first kappa shape index (κ1) is 12.4. The van der Waals surface area contributed by atoms with E-state index in [1.165, 1.54) is 31.3 Å². The van der Waals surface area contributed by atoms with Gasteiger partial charge in [-0.05, 0) is 25.7 Å². The number of aliphatic imine (C=N–C) groups is 1. The molecule has 0 aromatic carbocycles. The van der Waals surface area contributed by atoms with Gasteiger partial charge in [-0.25, -0.2) is 0 Å². The molecule has 0 radical (unpaired) electrons. The van der Waals surface area contributed by atoms with Crippen molar-refractivity contribution in [2.45, 2.75) is 53.4 Å². The van der Waals surface area contributed by atoms with Crippen molar-refractivity contribution < 1.29 is 0 Å². The van der Waals surface area contributed by atoms with Crippen LogP contribution >= 0.6 is 0 Å². The molecule has 1 unspecified atom stereocenters. The van der Waals surface area contributed by atoms with Gasteiger partial charge in [0.25, 0.3) is 0 Å². The van der Waals surface area contributed by atoms with E-state index >= 15 is 0 Å². The molecule has 0 saturated carbocycles. The highest BCUT2D eigenvalue weighted by Gasteiger charge is 1.93. The van der Waals surface area contributed by atoms with Gasteiger partial charge in [0.2, 0.25) is 0 Å². The van der Waals surface area contributed by atoms with E-state index in [-0.39, 0.29) is 0 Å². The Hall–Kier alpha value is -0.590. The Morgan fingerprint density at radius 3 is 2.54 bits per heavy atom. The van der Waals surface area contributed by atoms with Gasteiger partial charge in [-0.3, -0.25) is 4.99 Å². The van der Waals surface area contributed by atoms with Crippen LogP contribution in [0.25, 0.3) is 0 Å². The predicted molar refractivity (Wildman–Crippen MR) is 61.2 cm³/mol. The quantitative estimate of drug-likeness (QED) is 0.545. The summed E-state index contributed by atoms with van der Waals surface area (Å²) in [4.78, 5) is 4.32. The molecule has 0 amide bonds. The second kappa shape index (κ2) is 8.03.